The van der Waals surface area contributed by atoms with Crippen molar-refractivity contribution < 1.29 is 14.3 Å². The minimum Gasteiger partial charge on any atom is -0.459 e. The number of hydrogen-bond acceptors (Lipinski definition) is 7. The molecule has 1 aromatic heterocycles. The summed E-state index contributed by atoms with van der Waals surface area (Å²) in [6, 6.07) is 9.55. The Morgan fingerprint density at radius 1 is 1.22 bits per heavy atom. The van der Waals surface area contributed by atoms with E-state index >= 15 is 0 Å². The van der Waals surface area contributed by atoms with E-state index in [0.717, 1.165) is 31.4 Å². The van der Waals surface area contributed by atoms with E-state index in [1.54, 1.807) is 6.92 Å². The summed E-state index contributed by atoms with van der Waals surface area (Å²) in [5, 5.41) is 9.72. The number of nitriles is 1. The molecule has 142 valence electrons. The number of hydrogen-bond donors (Lipinski definition) is 0. The van der Waals surface area contributed by atoms with Gasteiger partial charge in [-0.15, -0.1) is 0 Å². The largest absolute Gasteiger partial charge is 0.459 e. The lowest BCUT2D eigenvalue weighted by molar-refractivity contribution is -0.150. The molecule has 0 amide bonds. The highest BCUT2D eigenvalue weighted by Gasteiger charge is 2.31. The van der Waals surface area contributed by atoms with Gasteiger partial charge in [-0.2, -0.15) is 5.26 Å². The van der Waals surface area contributed by atoms with Crippen molar-refractivity contribution in [1.29, 1.82) is 5.26 Å². The molecule has 0 saturated carbocycles. The number of para-hydroxylation sites is 2. The molecule has 2 atom stereocenters. The number of fused-ring (bicyclic) bond motifs is 1. The molecule has 1 aliphatic rings. The number of rotatable bonds is 6. The van der Waals surface area contributed by atoms with Gasteiger partial charge in [0.15, 0.2) is 11.7 Å². The van der Waals surface area contributed by atoms with E-state index < -0.39 is 18.0 Å². The van der Waals surface area contributed by atoms with Gasteiger partial charge in [-0.3, -0.25) is 4.79 Å². The maximum absolute atomic E-state index is 12.6. The first-order chi connectivity index (χ1) is 13.1. The highest BCUT2D eigenvalue weighted by molar-refractivity contribution is 5.85. The molecule has 1 fully saturated rings. The van der Waals surface area contributed by atoms with Crippen LogP contribution in [0.2, 0.25) is 0 Å². The van der Waals surface area contributed by atoms with Gasteiger partial charge in [0.1, 0.15) is 11.8 Å². The van der Waals surface area contributed by atoms with Gasteiger partial charge >= 0.3 is 5.97 Å². The third-order valence-corrected chi connectivity index (χ3v) is 4.59. The van der Waals surface area contributed by atoms with Crippen molar-refractivity contribution in [3.63, 3.8) is 0 Å². The van der Waals surface area contributed by atoms with Crippen molar-refractivity contribution in [1.82, 2.24) is 9.97 Å². The van der Waals surface area contributed by atoms with Crippen LogP contribution in [0.25, 0.3) is 11.0 Å². The molecule has 27 heavy (non-hydrogen) atoms. The van der Waals surface area contributed by atoms with E-state index in [4.69, 9.17) is 14.5 Å². The first-order valence-electron chi connectivity index (χ1n) is 9.24. The second-order valence-electron chi connectivity index (χ2n) is 6.73. The second-order valence-corrected chi connectivity index (χ2v) is 6.73. The average Bonchev–Trinajstić information content (AvgIpc) is 2.69. The summed E-state index contributed by atoms with van der Waals surface area (Å²) in [5.74, 6) is -1.14. The molecule has 0 N–H and O–H groups in total. The lowest BCUT2D eigenvalue weighted by atomic mass is 10.0. The maximum Gasteiger partial charge on any atom is 0.330 e. The standard InChI is InChI=1S/C20H24N4O3/c1-14(13-26-2)27-20(25)15(12-21)18-19(24-10-6-3-7-11-24)23-17-9-5-4-8-16(17)22-18/h4-5,8-9,14-15H,3,6-7,10-11,13H2,1-2H3/t14-,15+/m0/s1. The van der Waals surface area contributed by atoms with E-state index in [0.29, 0.717) is 17.0 Å². The quantitative estimate of drug-likeness (QED) is 0.724. The molecule has 7 heteroatoms. The van der Waals surface area contributed by atoms with Crippen molar-refractivity contribution in [2.24, 2.45) is 0 Å². The molecule has 3 rings (SSSR count). The molecule has 0 aliphatic carbocycles. The lowest BCUT2D eigenvalue weighted by Gasteiger charge is -2.30. The summed E-state index contributed by atoms with van der Waals surface area (Å²) in [6.07, 6.45) is 2.84. The molecule has 2 aromatic rings. The zero-order chi connectivity index (χ0) is 19.2. The third-order valence-electron chi connectivity index (χ3n) is 4.59. The van der Waals surface area contributed by atoms with Gasteiger partial charge in [0, 0.05) is 20.2 Å². The molecule has 2 heterocycles. The summed E-state index contributed by atoms with van der Waals surface area (Å²) < 4.78 is 10.4. The Hall–Kier alpha value is -2.72. The zero-order valence-corrected chi connectivity index (χ0v) is 15.7. The normalized spacial score (nSPS) is 16.6. The Labute approximate surface area is 158 Å². The number of aromatic nitrogens is 2. The molecule has 1 aromatic carbocycles. The van der Waals surface area contributed by atoms with Crippen molar-refractivity contribution in [3.8, 4) is 6.07 Å². The van der Waals surface area contributed by atoms with Crippen LogP contribution in [0.5, 0.6) is 0 Å². The van der Waals surface area contributed by atoms with Crippen molar-refractivity contribution >= 4 is 22.8 Å². The number of anilines is 1. The van der Waals surface area contributed by atoms with Crippen LogP contribution >= 0.6 is 0 Å². The predicted molar refractivity (Wildman–Crippen MR) is 101 cm³/mol. The van der Waals surface area contributed by atoms with Gasteiger partial charge in [0.2, 0.25) is 0 Å². The van der Waals surface area contributed by atoms with Crippen LogP contribution in [0.3, 0.4) is 0 Å². The Morgan fingerprint density at radius 3 is 2.52 bits per heavy atom. The second kappa shape index (κ2) is 8.78. The summed E-state index contributed by atoms with van der Waals surface area (Å²) in [4.78, 5) is 24.1. The van der Waals surface area contributed by atoms with Crippen LogP contribution in [-0.2, 0) is 14.3 Å². The minimum absolute atomic E-state index is 0.270. The molecule has 7 nitrogen and oxygen atoms in total. The van der Waals surface area contributed by atoms with Gasteiger partial charge in [0.25, 0.3) is 0 Å². The van der Waals surface area contributed by atoms with Gasteiger partial charge in [0.05, 0.1) is 23.7 Å². The average molecular weight is 368 g/mol. The van der Waals surface area contributed by atoms with Crippen LogP contribution in [0.15, 0.2) is 24.3 Å². The topological polar surface area (TPSA) is 88.3 Å². The maximum atomic E-state index is 12.6. The minimum atomic E-state index is -1.13. The number of methoxy groups -OCH3 is 1. The highest BCUT2D eigenvalue weighted by atomic mass is 16.6. The monoisotopic (exact) mass is 368 g/mol. The summed E-state index contributed by atoms with van der Waals surface area (Å²) in [5.41, 5.74) is 1.78. The summed E-state index contributed by atoms with van der Waals surface area (Å²) >= 11 is 0. The lowest BCUT2D eigenvalue weighted by Crippen LogP contribution is -2.33. The Balaban J connectivity index is 2.01. The van der Waals surface area contributed by atoms with Crippen molar-refractivity contribution in [3.05, 3.63) is 30.0 Å². The van der Waals surface area contributed by atoms with E-state index in [1.165, 1.54) is 13.5 Å². The van der Waals surface area contributed by atoms with Crippen LogP contribution < -0.4 is 4.90 Å². The molecule has 0 radical (unpaired) electrons. The number of ether oxygens (including phenoxy) is 2. The number of benzene rings is 1. The van der Waals surface area contributed by atoms with Crippen LogP contribution in [0.4, 0.5) is 5.82 Å². The fraction of sp³-hybridized carbons (Fsp3) is 0.500. The molecular weight excluding hydrogens is 344 g/mol. The Kier molecular flexibility index (Phi) is 6.20. The van der Waals surface area contributed by atoms with Crippen LogP contribution in [0.1, 0.15) is 37.8 Å². The smallest absolute Gasteiger partial charge is 0.330 e. The fourth-order valence-electron chi connectivity index (χ4n) is 3.30. The molecule has 1 aliphatic heterocycles. The van der Waals surface area contributed by atoms with Crippen LogP contribution in [0, 0.1) is 11.3 Å². The first-order valence-corrected chi connectivity index (χ1v) is 9.24. The van der Waals surface area contributed by atoms with Gasteiger partial charge in [-0.1, -0.05) is 12.1 Å². The molecule has 0 unspecified atom stereocenters. The number of carbonyl (C=O) groups excluding carboxylic acids is 1. The zero-order valence-electron chi connectivity index (χ0n) is 15.7. The van der Waals surface area contributed by atoms with E-state index in [1.807, 2.05) is 24.3 Å². The Morgan fingerprint density at radius 2 is 1.89 bits per heavy atom. The van der Waals surface area contributed by atoms with Crippen molar-refractivity contribution in [2.75, 3.05) is 31.7 Å². The Bertz CT molecular complexity index is 843. The van der Waals surface area contributed by atoms with Gasteiger partial charge < -0.3 is 14.4 Å². The van der Waals surface area contributed by atoms with E-state index in [2.05, 4.69) is 16.0 Å². The van der Waals surface area contributed by atoms with Crippen LogP contribution in [-0.4, -0.2) is 48.8 Å². The number of carbonyl (C=O) groups is 1. The predicted octanol–water partition coefficient (Wildman–Crippen LogP) is 2.81. The molecule has 0 spiro atoms. The highest BCUT2D eigenvalue weighted by Crippen LogP contribution is 2.29. The van der Waals surface area contributed by atoms with Crippen molar-refractivity contribution in [2.45, 2.75) is 38.2 Å². The molecule has 0 bridgehead atoms. The number of esters is 1. The molecule has 1 saturated heterocycles. The number of piperidine rings is 1. The van der Waals surface area contributed by atoms with E-state index in [9.17, 15) is 10.1 Å². The fourth-order valence-corrected chi connectivity index (χ4v) is 3.30. The van der Waals surface area contributed by atoms with E-state index in [-0.39, 0.29) is 6.61 Å². The summed E-state index contributed by atoms with van der Waals surface area (Å²) in [6.45, 7) is 3.68. The van der Waals surface area contributed by atoms with Gasteiger partial charge in [-0.25, -0.2) is 9.97 Å². The number of nitrogens with zero attached hydrogens (tertiary/aromatic N) is 4. The summed E-state index contributed by atoms with van der Waals surface area (Å²) in [7, 11) is 1.54. The first kappa shape index (κ1) is 19.1. The molecular formula is C20H24N4O3. The SMILES string of the molecule is COC[C@H](C)OC(=O)[C@H](C#N)c1nc2ccccc2nc1N1CCCCC1. The third kappa shape index (κ3) is 4.34. The van der Waals surface area contributed by atoms with Gasteiger partial charge in [-0.05, 0) is 38.3 Å².